The third-order valence-electron chi connectivity index (χ3n) is 3.41. The maximum atomic E-state index is 10.5. The topological polar surface area (TPSA) is 67.6 Å². The molecule has 0 unspecified atom stereocenters. The highest BCUT2D eigenvalue weighted by atomic mass is 35.5. The highest BCUT2D eigenvalue weighted by Crippen LogP contribution is 2.11. The predicted molar refractivity (Wildman–Crippen MR) is 91.2 cm³/mol. The van der Waals surface area contributed by atoms with E-state index in [2.05, 4.69) is 10.2 Å². The van der Waals surface area contributed by atoms with E-state index in [-0.39, 0.29) is 35.4 Å². The lowest BCUT2D eigenvalue weighted by Crippen LogP contribution is -2.37. The Kier molecular flexibility index (Phi) is 11.1. The molecule has 126 valence electrons. The van der Waals surface area contributed by atoms with E-state index in [1.165, 1.54) is 0 Å². The van der Waals surface area contributed by atoms with Crippen molar-refractivity contribution in [2.24, 2.45) is 0 Å². The van der Waals surface area contributed by atoms with Crippen molar-refractivity contribution in [2.45, 2.75) is 13.0 Å². The number of nitro benzene ring substituents is 1. The molecule has 0 amide bonds. The Morgan fingerprint density at radius 3 is 2.41 bits per heavy atom. The van der Waals surface area contributed by atoms with Crippen LogP contribution in [0.5, 0.6) is 0 Å². The van der Waals surface area contributed by atoms with Crippen LogP contribution in [-0.4, -0.2) is 49.2 Å². The summed E-state index contributed by atoms with van der Waals surface area (Å²) < 4.78 is 5.31. The van der Waals surface area contributed by atoms with Crippen LogP contribution in [0.1, 0.15) is 12.0 Å². The second-order valence-corrected chi connectivity index (χ2v) is 4.91. The second-order valence-electron chi connectivity index (χ2n) is 4.91. The molecule has 1 aliphatic rings. The normalized spacial score (nSPS) is 14.7. The highest BCUT2D eigenvalue weighted by molar-refractivity contribution is 5.85. The first-order valence-corrected chi connectivity index (χ1v) is 7.00. The van der Waals surface area contributed by atoms with Crippen LogP contribution in [0.3, 0.4) is 0 Å². The second kappa shape index (κ2) is 11.6. The molecule has 8 heteroatoms. The van der Waals surface area contributed by atoms with Gasteiger partial charge in [-0.15, -0.1) is 24.8 Å². The molecule has 0 saturated carbocycles. The number of ether oxygens (including phenoxy) is 1. The largest absolute Gasteiger partial charge is 0.379 e. The van der Waals surface area contributed by atoms with Gasteiger partial charge in [-0.2, -0.15) is 0 Å². The van der Waals surface area contributed by atoms with Crippen molar-refractivity contribution in [3.8, 4) is 0 Å². The van der Waals surface area contributed by atoms with Gasteiger partial charge < -0.3 is 10.1 Å². The van der Waals surface area contributed by atoms with Gasteiger partial charge in [-0.1, -0.05) is 12.1 Å². The van der Waals surface area contributed by atoms with Gasteiger partial charge in [0, 0.05) is 31.8 Å². The Labute approximate surface area is 143 Å². The maximum Gasteiger partial charge on any atom is 0.269 e. The number of nitrogens with zero attached hydrogens (tertiary/aromatic N) is 2. The van der Waals surface area contributed by atoms with E-state index in [0.717, 1.165) is 57.9 Å². The molecule has 1 aromatic carbocycles. The van der Waals surface area contributed by atoms with Crippen molar-refractivity contribution in [3.05, 3.63) is 39.9 Å². The fraction of sp³-hybridized carbons (Fsp3) is 0.571. The van der Waals surface area contributed by atoms with Gasteiger partial charge in [-0.3, -0.25) is 15.0 Å². The number of non-ortho nitro benzene ring substituents is 1. The van der Waals surface area contributed by atoms with Crippen molar-refractivity contribution in [1.29, 1.82) is 0 Å². The summed E-state index contributed by atoms with van der Waals surface area (Å²) in [5.41, 5.74) is 1.21. The number of benzene rings is 1. The van der Waals surface area contributed by atoms with Crippen LogP contribution in [0, 0.1) is 10.1 Å². The van der Waals surface area contributed by atoms with Crippen LogP contribution < -0.4 is 5.32 Å². The van der Waals surface area contributed by atoms with Crippen LogP contribution in [0.25, 0.3) is 0 Å². The monoisotopic (exact) mass is 351 g/mol. The Bertz CT molecular complexity index is 426. The number of hydrogen-bond acceptors (Lipinski definition) is 5. The first kappa shape index (κ1) is 21.1. The molecule has 0 bridgehead atoms. The fourth-order valence-corrected chi connectivity index (χ4v) is 2.22. The molecule has 1 aromatic rings. The first-order chi connectivity index (χ1) is 9.75. The summed E-state index contributed by atoms with van der Waals surface area (Å²) in [6, 6.07) is 6.69. The lowest BCUT2D eigenvalue weighted by Gasteiger charge is -2.26. The van der Waals surface area contributed by atoms with E-state index in [1.54, 1.807) is 24.3 Å². The predicted octanol–water partition coefficient (Wildman–Crippen LogP) is 2.25. The van der Waals surface area contributed by atoms with Gasteiger partial charge in [-0.05, 0) is 25.1 Å². The Morgan fingerprint density at radius 2 is 1.82 bits per heavy atom. The summed E-state index contributed by atoms with van der Waals surface area (Å²) in [6.07, 6.45) is 1.10. The summed E-state index contributed by atoms with van der Waals surface area (Å²) >= 11 is 0. The van der Waals surface area contributed by atoms with E-state index in [0.29, 0.717) is 0 Å². The average Bonchev–Trinajstić information content (AvgIpc) is 2.48. The molecule has 1 fully saturated rings. The van der Waals surface area contributed by atoms with Crippen molar-refractivity contribution >= 4 is 30.5 Å². The lowest BCUT2D eigenvalue weighted by atomic mass is 10.2. The van der Waals surface area contributed by atoms with Crippen LogP contribution in [0.4, 0.5) is 5.69 Å². The molecule has 1 saturated heterocycles. The zero-order valence-electron chi connectivity index (χ0n) is 12.4. The summed E-state index contributed by atoms with van der Waals surface area (Å²) in [7, 11) is 0. The molecule has 1 N–H and O–H groups in total. The fourth-order valence-electron chi connectivity index (χ4n) is 2.22. The summed E-state index contributed by atoms with van der Waals surface area (Å²) in [6.45, 7) is 6.54. The van der Waals surface area contributed by atoms with E-state index in [9.17, 15) is 10.1 Å². The molecular formula is C14H23Cl2N3O3. The van der Waals surface area contributed by atoms with E-state index >= 15 is 0 Å². The van der Waals surface area contributed by atoms with Crippen molar-refractivity contribution in [2.75, 3.05) is 39.4 Å². The SMILES string of the molecule is Cl.Cl.O=[N+]([O-])c1ccc(CNCCCN2CCOCC2)cc1. The lowest BCUT2D eigenvalue weighted by molar-refractivity contribution is -0.384. The molecule has 0 aliphatic carbocycles. The van der Waals surface area contributed by atoms with Gasteiger partial charge in [0.05, 0.1) is 18.1 Å². The highest BCUT2D eigenvalue weighted by Gasteiger charge is 2.09. The standard InChI is InChI=1S/C14H21N3O3.2ClH/c18-17(19)14-4-2-13(3-5-14)12-15-6-1-7-16-8-10-20-11-9-16;;/h2-5,15H,1,6-12H2;2*1H. The Balaban J connectivity index is 0.00000220. The summed E-state index contributed by atoms with van der Waals surface area (Å²) in [4.78, 5) is 12.6. The number of rotatable bonds is 7. The number of hydrogen-bond donors (Lipinski definition) is 1. The average molecular weight is 352 g/mol. The van der Waals surface area contributed by atoms with E-state index in [1.807, 2.05) is 0 Å². The third-order valence-corrected chi connectivity index (χ3v) is 3.41. The van der Waals surface area contributed by atoms with Crippen LogP contribution in [0.2, 0.25) is 0 Å². The van der Waals surface area contributed by atoms with Gasteiger partial charge in [0.2, 0.25) is 0 Å². The maximum absolute atomic E-state index is 10.5. The van der Waals surface area contributed by atoms with Gasteiger partial charge in [0.1, 0.15) is 0 Å². The molecule has 2 rings (SSSR count). The van der Waals surface area contributed by atoms with E-state index in [4.69, 9.17) is 4.74 Å². The third kappa shape index (κ3) is 7.38. The molecule has 0 spiro atoms. The molecule has 6 nitrogen and oxygen atoms in total. The number of nitro groups is 1. The summed E-state index contributed by atoms with van der Waals surface area (Å²) in [5, 5.41) is 13.9. The summed E-state index contributed by atoms with van der Waals surface area (Å²) in [5.74, 6) is 0. The number of halogens is 2. The minimum absolute atomic E-state index is 0. The van der Waals surface area contributed by atoms with Crippen LogP contribution >= 0.6 is 24.8 Å². The van der Waals surface area contributed by atoms with Crippen molar-refractivity contribution < 1.29 is 9.66 Å². The molecule has 22 heavy (non-hydrogen) atoms. The Morgan fingerprint density at radius 1 is 1.18 bits per heavy atom. The Hall–Kier alpha value is -0.920. The number of morpholine rings is 1. The van der Waals surface area contributed by atoms with Crippen LogP contribution in [0.15, 0.2) is 24.3 Å². The van der Waals surface area contributed by atoms with Crippen LogP contribution in [-0.2, 0) is 11.3 Å². The smallest absolute Gasteiger partial charge is 0.269 e. The molecule has 0 radical (unpaired) electrons. The molecular weight excluding hydrogens is 329 g/mol. The van der Waals surface area contributed by atoms with Crippen molar-refractivity contribution in [1.82, 2.24) is 10.2 Å². The zero-order chi connectivity index (χ0) is 14.2. The molecule has 1 aliphatic heterocycles. The minimum Gasteiger partial charge on any atom is -0.379 e. The zero-order valence-corrected chi connectivity index (χ0v) is 14.0. The molecule has 0 atom stereocenters. The van der Waals surface area contributed by atoms with Gasteiger partial charge in [-0.25, -0.2) is 0 Å². The van der Waals surface area contributed by atoms with Gasteiger partial charge in [0.25, 0.3) is 5.69 Å². The number of nitrogens with one attached hydrogen (secondary N) is 1. The van der Waals surface area contributed by atoms with Crippen molar-refractivity contribution in [3.63, 3.8) is 0 Å². The molecule has 0 aromatic heterocycles. The van der Waals surface area contributed by atoms with Gasteiger partial charge in [0.15, 0.2) is 0 Å². The first-order valence-electron chi connectivity index (χ1n) is 7.00. The quantitative estimate of drug-likeness (QED) is 0.463. The van der Waals surface area contributed by atoms with E-state index < -0.39 is 0 Å². The van der Waals surface area contributed by atoms with Gasteiger partial charge >= 0.3 is 0 Å². The molecule has 1 heterocycles. The minimum atomic E-state index is -0.375.